The summed E-state index contributed by atoms with van der Waals surface area (Å²) in [5, 5.41) is 14.3. The van der Waals surface area contributed by atoms with Crippen LogP contribution < -0.4 is 5.32 Å². The quantitative estimate of drug-likeness (QED) is 0.707. The van der Waals surface area contributed by atoms with Gasteiger partial charge in [-0.1, -0.05) is 11.6 Å². The van der Waals surface area contributed by atoms with E-state index in [-0.39, 0.29) is 11.8 Å². The Hall–Kier alpha value is -2.89. The summed E-state index contributed by atoms with van der Waals surface area (Å²) in [6.07, 6.45) is -0.0497. The highest BCUT2D eigenvalue weighted by molar-refractivity contribution is 7.14. The van der Waals surface area contributed by atoms with Gasteiger partial charge in [-0.2, -0.15) is 5.26 Å². The number of benzene rings is 1. The fraction of sp³-hybridized carbons (Fsp3) is 0.333. The second-order valence-corrected chi connectivity index (χ2v) is 8.27. The van der Waals surface area contributed by atoms with Crippen LogP contribution in [0.15, 0.2) is 35.7 Å². The lowest BCUT2D eigenvalue weighted by Gasteiger charge is -2.31. The molecule has 7 nitrogen and oxygen atoms in total. The number of ether oxygens (including phenoxy) is 1. The highest BCUT2D eigenvalue weighted by Crippen LogP contribution is 2.24. The summed E-state index contributed by atoms with van der Waals surface area (Å²) in [5.41, 5.74) is 0.917. The van der Waals surface area contributed by atoms with Gasteiger partial charge in [-0.3, -0.25) is 14.4 Å². The van der Waals surface area contributed by atoms with Crippen LogP contribution in [0.4, 0.5) is 5.00 Å². The SMILES string of the molecule is C[C@H](OC(=O)C1CCN(C(=O)c2ccc(Cl)cc2)CC1)C(=O)Nc1sccc1C#N. The van der Waals surface area contributed by atoms with Crippen LogP contribution >= 0.6 is 22.9 Å². The van der Waals surface area contributed by atoms with Gasteiger partial charge in [0.1, 0.15) is 11.1 Å². The standard InChI is InChI=1S/C21H20ClN3O4S/c1-13(18(26)24-19-16(12-23)8-11-30-19)29-21(28)15-6-9-25(10-7-15)20(27)14-2-4-17(22)5-3-14/h2-5,8,11,13,15H,6-7,9-10H2,1H3,(H,24,26)/t13-/m0/s1. The van der Waals surface area contributed by atoms with Gasteiger partial charge in [0.25, 0.3) is 11.8 Å². The van der Waals surface area contributed by atoms with Crippen molar-refractivity contribution < 1.29 is 19.1 Å². The Labute approximate surface area is 183 Å². The van der Waals surface area contributed by atoms with Gasteiger partial charge in [-0.05, 0) is 55.5 Å². The van der Waals surface area contributed by atoms with E-state index in [4.69, 9.17) is 21.6 Å². The molecule has 0 radical (unpaired) electrons. The summed E-state index contributed by atoms with van der Waals surface area (Å²) in [5.74, 6) is -1.41. The third kappa shape index (κ3) is 5.17. The van der Waals surface area contributed by atoms with E-state index in [0.29, 0.717) is 47.1 Å². The maximum atomic E-state index is 12.6. The molecule has 1 aromatic carbocycles. The lowest BCUT2D eigenvalue weighted by Crippen LogP contribution is -2.41. The normalized spacial score (nSPS) is 15.2. The molecule has 2 amide bonds. The third-order valence-corrected chi connectivity index (χ3v) is 5.97. The molecule has 0 bridgehead atoms. The summed E-state index contributed by atoms with van der Waals surface area (Å²) >= 11 is 7.08. The number of esters is 1. The highest BCUT2D eigenvalue weighted by Gasteiger charge is 2.31. The molecule has 3 rings (SSSR count). The number of amides is 2. The minimum Gasteiger partial charge on any atom is -0.452 e. The Bertz CT molecular complexity index is 975. The van der Waals surface area contributed by atoms with Crippen molar-refractivity contribution in [1.82, 2.24) is 4.90 Å². The van der Waals surface area contributed by atoms with Gasteiger partial charge in [-0.25, -0.2) is 0 Å². The predicted molar refractivity (Wildman–Crippen MR) is 113 cm³/mol. The van der Waals surface area contributed by atoms with Crippen LogP contribution in [0.3, 0.4) is 0 Å². The first-order valence-corrected chi connectivity index (χ1v) is 10.7. The molecule has 1 atom stereocenters. The maximum absolute atomic E-state index is 12.6. The number of carbonyl (C=O) groups excluding carboxylic acids is 3. The number of thiophene rings is 1. The third-order valence-electron chi connectivity index (χ3n) is 4.89. The van der Waals surface area contributed by atoms with E-state index in [1.54, 1.807) is 40.6 Å². The molecule has 1 saturated heterocycles. The lowest BCUT2D eigenvalue weighted by molar-refractivity contribution is -0.158. The van der Waals surface area contributed by atoms with Gasteiger partial charge in [0.2, 0.25) is 0 Å². The van der Waals surface area contributed by atoms with Crippen LogP contribution in [0.5, 0.6) is 0 Å². The predicted octanol–water partition coefficient (Wildman–Crippen LogP) is 3.70. The molecule has 0 spiro atoms. The second kappa shape index (κ2) is 9.74. The maximum Gasteiger partial charge on any atom is 0.309 e. The number of halogens is 1. The fourth-order valence-electron chi connectivity index (χ4n) is 3.12. The average molecular weight is 446 g/mol. The molecule has 156 valence electrons. The van der Waals surface area contributed by atoms with Gasteiger partial charge in [0.05, 0.1) is 11.5 Å². The summed E-state index contributed by atoms with van der Waals surface area (Å²) in [7, 11) is 0. The molecule has 0 saturated carbocycles. The average Bonchev–Trinajstić information content (AvgIpc) is 3.20. The van der Waals surface area contributed by atoms with Crippen molar-refractivity contribution >= 4 is 45.7 Å². The minimum atomic E-state index is -0.986. The second-order valence-electron chi connectivity index (χ2n) is 6.92. The molecular weight excluding hydrogens is 426 g/mol. The van der Waals surface area contributed by atoms with E-state index in [1.807, 2.05) is 6.07 Å². The van der Waals surface area contributed by atoms with Crippen LogP contribution in [0.2, 0.25) is 5.02 Å². The molecule has 0 unspecified atom stereocenters. The van der Waals surface area contributed by atoms with Crippen molar-refractivity contribution in [1.29, 1.82) is 5.26 Å². The smallest absolute Gasteiger partial charge is 0.309 e. The molecule has 1 fully saturated rings. The number of nitrogens with one attached hydrogen (secondary N) is 1. The van der Waals surface area contributed by atoms with Crippen LogP contribution in [-0.4, -0.2) is 41.9 Å². The number of piperidine rings is 1. The number of nitriles is 1. The summed E-state index contributed by atoms with van der Waals surface area (Å²) in [4.78, 5) is 39.0. The first kappa shape index (κ1) is 21.8. The number of hydrogen-bond acceptors (Lipinski definition) is 6. The molecule has 1 aliphatic heterocycles. The Morgan fingerprint density at radius 1 is 1.23 bits per heavy atom. The number of carbonyl (C=O) groups is 3. The van der Waals surface area contributed by atoms with Gasteiger partial charge in [0.15, 0.2) is 6.10 Å². The zero-order chi connectivity index (χ0) is 21.7. The van der Waals surface area contributed by atoms with E-state index in [9.17, 15) is 14.4 Å². The summed E-state index contributed by atoms with van der Waals surface area (Å²) in [6.45, 7) is 2.36. The van der Waals surface area contributed by atoms with Gasteiger partial charge in [0, 0.05) is 23.7 Å². The van der Waals surface area contributed by atoms with Gasteiger partial charge < -0.3 is 15.0 Å². The fourth-order valence-corrected chi connectivity index (χ4v) is 3.99. The number of nitrogens with zero attached hydrogens (tertiary/aromatic N) is 2. The number of hydrogen-bond donors (Lipinski definition) is 1. The van der Waals surface area contributed by atoms with Gasteiger partial charge in [-0.15, -0.1) is 11.3 Å². The largest absolute Gasteiger partial charge is 0.452 e. The molecule has 9 heteroatoms. The van der Waals surface area contributed by atoms with E-state index in [0.717, 1.165) is 0 Å². The molecule has 1 aliphatic rings. The van der Waals surface area contributed by atoms with E-state index in [1.165, 1.54) is 18.3 Å². The topological polar surface area (TPSA) is 99.5 Å². The monoisotopic (exact) mass is 445 g/mol. The van der Waals surface area contributed by atoms with Crippen molar-refractivity contribution in [2.24, 2.45) is 5.92 Å². The summed E-state index contributed by atoms with van der Waals surface area (Å²) in [6, 6.07) is 10.3. The number of likely N-dealkylation sites (tertiary alicyclic amines) is 1. The molecule has 30 heavy (non-hydrogen) atoms. The first-order valence-electron chi connectivity index (χ1n) is 9.43. The molecule has 2 aromatic rings. The van der Waals surface area contributed by atoms with Crippen LogP contribution in [0.1, 0.15) is 35.7 Å². The van der Waals surface area contributed by atoms with Crippen LogP contribution in [-0.2, 0) is 14.3 Å². The highest BCUT2D eigenvalue weighted by atomic mass is 35.5. The van der Waals surface area contributed by atoms with E-state index >= 15 is 0 Å². The molecular formula is C21H20ClN3O4S. The molecule has 2 heterocycles. The van der Waals surface area contributed by atoms with Crippen molar-refractivity contribution in [2.45, 2.75) is 25.9 Å². The summed E-state index contributed by atoms with van der Waals surface area (Å²) < 4.78 is 5.32. The van der Waals surface area contributed by atoms with E-state index in [2.05, 4.69) is 5.32 Å². The Morgan fingerprint density at radius 2 is 1.90 bits per heavy atom. The Morgan fingerprint density at radius 3 is 2.53 bits per heavy atom. The Balaban J connectivity index is 1.49. The number of rotatable bonds is 5. The van der Waals surface area contributed by atoms with Crippen molar-refractivity contribution in [3.05, 3.63) is 51.9 Å². The van der Waals surface area contributed by atoms with Gasteiger partial charge >= 0.3 is 5.97 Å². The van der Waals surface area contributed by atoms with Crippen LogP contribution in [0, 0.1) is 17.2 Å². The molecule has 1 aromatic heterocycles. The molecule has 0 aliphatic carbocycles. The minimum absolute atomic E-state index is 0.101. The van der Waals surface area contributed by atoms with Crippen molar-refractivity contribution in [3.8, 4) is 6.07 Å². The lowest BCUT2D eigenvalue weighted by atomic mass is 9.96. The molecule has 1 N–H and O–H groups in total. The van der Waals surface area contributed by atoms with Crippen molar-refractivity contribution in [2.75, 3.05) is 18.4 Å². The van der Waals surface area contributed by atoms with Crippen LogP contribution in [0.25, 0.3) is 0 Å². The van der Waals surface area contributed by atoms with E-state index < -0.39 is 18.0 Å². The Kier molecular flexibility index (Phi) is 7.08. The number of anilines is 1. The zero-order valence-corrected chi connectivity index (χ0v) is 17.8. The van der Waals surface area contributed by atoms with Crippen molar-refractivity contribution in [3.63, 3.8) is 0 Å². The zero-order valence-electron chi connectivity index (χ0n) is 16.3. The first-order chi connectivity index (χ1) is 14.4.